The van der Waals surface area contributed by atoms with E-state index in [2.05, 4.69) is 5.32 Å². The van der Waals surface area contributed by atoms with E-state index in [9.17, 15) is 4.39 Å². The molecule has 0 saturated carbocycles. The van der Waals surface area contributed by atoms with E-state index >= 15 is 0 Å². The molecule has 0 aliphatic rings. The number of rotatable bonds is 5. The third-order valence-corrected chi connectivity index (χ3v) is 3.75. The highest BCUT2D eigenvalue weighted by Crippen LogP contribution is 2.26. The summed E-state index contributed by atoms with van der Waals surface area (Å²) in [5, 5.41) is 3.22. The van der Waals surface area contributed by atoms with Crippen molar-refractivity contribution in [2.75, 3.05) is 14.2 Å². The Kier molecular flexibility index (Phi) is 4.97. The number of ether oxygens (including phenoxy) is 1. The minimum absolute atomic E-state index is 0.0577. The quantitative estimate of drug-likeness (QED) is 0.899. The second kappa shape index (κ2) is 6.72. The van der Waals surface area contributed by atoms with Crippen molar-refractivity contribution in [2.45, 2.75) is 26.3 Å². The van der Waals surface area contributed by atoms with E-state index in [1.165, 1.54) is 0 Å². The number of nitrogens with one attached hydrogen (secondary N) is 1. The van der Waals surface area contributed by atoms with Gasteiger partial charge in [-0.3, -0.25) is 0 Å². The first-order valence-corrected chi connectivity index (χ1v) is 7.12. The van der Waals surface area contributed by atoms with Crippen molar-refractivity contribution < 1.29 is 9.13 Å². The zero-order valence-corrected chi connectivity index (χ0v) is 13.0. The number of aryl methyl sites for hydroxylation is 2. The van der Waals surface area contributed by atoms with Crippen LogP contribution in [-0.2, 0) is 6.42 Å². The van der Waals surface area contributed by atoms with Crippen LogP contribution in [0.25, 0.3) is 0 Å². The topological polar surface area (TPSA) is 21.3 Å². The van der Waals surface area contributed by atoms with Crippen molar-refractivity contribution in [3.63, 3.8) is 0 Å². The molecular formula is C18H22FNO. The molecule has 0 radical (unpaired) electrons. The molecule has 0 spiro atoms. The van der Waals surface area contributed by atoms with Crippen molar-refractivity contribution in [1.29, 1.82) is 0 Å². The molecule has 2 aromatic carbocycles. The highest BCUT2D eigenvalue weighted by Gasteiger charge is 2.17. The third kappa shape index (κ3) is 3.61. The fourth-order valence-electron chi connectivity index (χ4n) is 2.75. The van der Waals surface area contributed by atoms with E-state index in [0.29, 0.717) is 6.42 Å². The van der Waals surface area contributed by atoms with Gasteiger partial charge in [0.25, 0.3) is 0 Å². The van der Waals surface area contributed by atoms with Crippen molar-refractivity contribution >= 4 is 0 Å². The molecule has 0 aliphatic heterocycles. The summed E-state index contributed by atoms with van der Waals surface area (Å²) >= 11 is 0. The SMILES string of the molecule is CNC(Cc1cccc(OC)c1)c1c(C)cc(C)cc1F. The average molecular weight is 287 g/mol. The normalized spacial score (nSPS) is 12.2. The summed E-state index contributed by atoms with van der Waals surface area (Å²) in [5.74, 6) is 0.679. The second-order valence-electron chi connectivity index (χ2n) is 5.37. The summed E-state index contributed by atoms with van der Waals surface area (Å²) in [5.41, 5.74) is 3.79. The minimum atomic E-state index is -0.144. The Morgan fingerprint density at radius 3 is 2.57 bits per heavy atom. The summed E-state index contributed by atoms with van der Waals surface area (Å²) in [4.78, 5) is 0. The van der Waals surface area contributed by atoms with Crippen LogP contribution in [0.3, 0.4) is 0 Å². The molecule has 0 aliphatic carbocycles. The maximum absolute atomic E-state index is 14.3. The lowest BCUT2D eigenvalue weighted by Crippen LogP contribution is -2.21. The van der Waals surface area contributed by atoms with Crippen LogP contribution in [0.1, 0.15) is 28.3 Å². The smallest absolute Gasteiger partial charge is 0.128 e. The standard InChI is InChI=1S/C18H22FNO/c1-12-8-13(2)18(16(19)9-12)17(20-3)11-14-6-5-7-15(10-14)21-4/h5-10,17,20H,11H2,1-4H3. The zero-order chi connectivity index (χ0) is 15.4. The molecule has 0 heterocycles. The summed E-state index contributed by atoms with van der Waals surface area (Å²) < 4.78 is 19.6. The van der Waals surface area contributed by atoms with Gasteiger partial charge in [-0.15, -0.1) is 0 Å². The number of likely N-dealkylation sites (N-methyl/N-ethyl adjacent to an activating group) is 1. The highest BCUT2D eigenvalue weighted by molar-refractivity contribution is 5.36. The molecule has 2 nitrogen and oxygen atoms in total. The van der Waals surface area contributed by atoms with Gasteiger partial charge in [0.15, 0.2) is 0 Å². The Labute approximate surface area is 126 Å². The van der Waals surface area contributed by atoms with Gasteiger partial charge in [-0.05, 0) is 62.2 Å². The third-order valence-electron chi connectivity index (χ3n) is 3.75. The molecule has 0 fully saturated rings. The molecule has 1 atom stereocenters. The van der Waals surface area contributed by atoms with E-state index in [-0.39, 0.29) is 11.9 Å². The van der Waals surface area contributed by atoms with Crippen molar-refractivity contribution in [1.82, 2.24) is 5.32 Å². The Hall–Kier alpha value is -1.87. The Morgan fingerprint density at radius 1 is 1.19 bits per heavy atom. The average Bonchev–Trinajstić information content (AvgIpc) is 2.45. The van der Waals surface area contributed by atoms with Gasteiger partial charge in [-0.25, -0.2) is 4.39 Å². The zero-order valence-electron chi connectivity index (χ0n) is 13.0. The molecule has 3 heteroatoms. The summed E-state index contributed by atoms with van der Waals surface area (Å²) in [6, 6.07) is 11.5. The lowest BCUT2D eigenvalue weighted by molar-refractivity contribution is 0.414. The van der Waals surface area contributed by atoms with Crippen LogP contribution in [0.4, 0.5) is 4.39 Å². The van der Waals surface area contributed by atoms with E-state index in [1.54, 1.807) is 13.2 Å². The van der Waals surface area contributed by atoms with Gasteiger partial charge in [0, 0.05) is 11.6 Å². The van der Waals surface area contributed by atoms with Crippen molar-refractivity contribution in [3.8, 4) is 5.75 Å². The van der Waals surface area contributed by atoms with Gasteiger partial charge in [0.1, 0.15) is 11.6 Å². The van der Waals surface area contributed by atoms with Crippen LogP contribution in [0.15, 0.2) is 36.4 Å². The second-order valence-corrected chi connectivity index (χ2v) is 5.37. The molecule has 112 valence electrons. The largest absolute Gasteiger partial charge is 0.497 e. The molecule has 2 aromatic rings. The van der Waals surface area contributed by atoms with Crippen LogP contribution in [0.2, 0.25) is 0 Å². The van der Waals surface area contributed by atoms with Crippen LogP contribution in [0, 0.1) is 19.7 Å². The number of halogens is 1. The molecule has 1 N–H and O–H groups in total. The van der Waals surface area contributed by atoms with Gasteiger partial charge in [0.05, 0.1) is 7.11 Å². The molecule has 21 heavy (non-hydrogen) atoms. The van der Waals surface area contributed by atoms with Crippen LogP contribution < -0.4 is 10.1 Å². The molecular weight excluding hydrogens is 265 g/mol. The molecule has 1 unspecified atom stereocenters. The Bertz CT molecular complexity index is 601. The van der Waals surface area contributed by atoms with E-state index in [4.69, 9.17) is 4.74 Å². The van der Waals surface area contributed by atoms with E-state index in [1.807, 2.05) is 51.2 Å². The maximum Gasteiger partial charge on any atom is 0.128 e. The van der Waals surface area contributed by atoms with Crippen LogP contribution in [-0.4, -0.2) is 14.2 Å². The predicted molar refractivity (Wildman–Crippen MR) is 84.4 cm³/mol. The summed E-state index contributed by atoms with van der Waals surface area (Å²) in [6.07, 6.45) is 0.717. The van der Waals surface area contributed by atoms with E-state index < -0.39 is 0 Å². The first kappa shape index (κ1) is 15.5. The first-order valence-electron chi connectivity index (χ1n) is 7.12. The van der Waals surface area contributed by atoms with Gasteiger partial charge >= 0.3 is 0 Å². The van der Waals surface area contributed by atoms with E-state index in [0.717, 1.165) is 28.0 Å². The van der Waals surface area contributed by atoms with Crippen molar-refractivity contribution in [3.05, 3.63) is 64.5 Å². The fourth-order valence-corrected chi connectivity index (χ4v) is 2.75. The molecule has 0 amide bonds. The Morgan fingerprint density at radius 2 is 1.95 bits per heavy atom. The fraction of sp³-hybridized carbons (Fsp3) is 0.333. The van der Waals surface area contributed by atoms with Crippen molar-refractivity contribution in [2.24, 2.45) is 0 Å². The molecule has 0 aromatic heterocycles. The summed E-state index contributed by atoms with van der Waals surface area (Å²) in [6.45, 7) is 3.87. The lowest BCUT2D eigenvalue weighted by Gasteiger charge is -2.20. The Balaban J connectivity index is 2.32. The lowest BCUT2D eigenvalue weighted by atomic mass is 9.93. The molecule has 2 rings (SSSR count). The monoisotopic (exact) mass is 287 g/mol. The summed E-state index contributed by atoms with van der Waals surface area (Å²) in [7, 11) is 3.52. The number of benzene rings is 2. The van der Waals surface area contributed by atoms with Gasteiger partial charge in [-0.1, -0.05) is 18.2 Å². The molecule has 0 saturated heterocycles. The highest BCUT2D eigenvalue weighted by atomic mass is 19.1. The molecule has 0 bridgehead atoms. The van der Waals surface area contributed by atoms with Gasteiger partial charge < -0.3 is 10.1 Å². The maximum atomic E-state index is 14.3. The number of hydrogen-bond acceptors (Lipinski definition) is 2. The predicted octanol–water partition coefficient (Wildman–Crippen LogP) is 3.95. The number of hydrogen-bond donors (Lipinski definition) is 1. The minimum Gasteiger partial charge on any atom is -0.497 e. The number of methoxy groups -OCH3 is 1. The van der Waals surface area contributed by atoms with Crippen LogP contribution >= 0.6 is 0 Å². The first-order chi connectivity index (χ1) is 10.0. The van der Waals surface area contributed by atoms with Crippen LogP contribution in [0.5, 0.6) is 5.75 Å². The van der Waals surface area contributed by atoms with Gasteiger partial charge in [0.2, 0.25) is 0 Å². The van der Waals surface area contributed by atoms with Gasteiger partial charge in [-0.2, -0.15) is 0 Å².